The molecule has 0 aromatic heterocycles. The van der Waals surface area contributed by atoms with E-state index in [0.29, 0.717) is 0 Å². The first-order valence-corrected chi connectivity index (χ1v) is 9.96. The van der Waals surface area contributed by atoms with Crippen molar-refractivity contribution >= 4 is 0 Å². The molecule has 0 aromatic carbocycles. The minimum atomic E-state index is 1.32. The molecule has 21 heavy (non-hydrogen) atoms. The first kappa shape index (κ1) is 20.7. The monoisotopic (exact) mass is 294 g/mol. The topological polar surface area (TPSA) is 0 Å². The lowest BCUT2D eigenvalue weighted by atomic mass is 10.0. The third kappa shape index (κ3) is 17.7. The van der Waals surface area contributed by atoms with Crippen LogP contribution in [0.15, 0.2) is 11.6 Å². The fourth-order valence-electron chi connectivity index (χ4n) is 2.91. The lowest BCUT2D eigenvalue weighted by Crippen LogP contribution is -1.83. The van der Waals surface area contributed by atoms with Crippen molar-refractivity contribution in [1.82, 2.24) is 0 Å². The van der Waals surface area contributed by atoms with E-state index >= 15 is 0 Å². The van der Waals surface area contributed by atoms with Gasteiger partial charge in [0, 0.05) is 0 Å². The first-order valence-electron chi connectivity index (χ1n) is 9.96. The molecule has 0 aliphatic carbocycles. The average Bonchev–Trinajstić information content (AvgIpc) is 2.49. The van der Waals surface area contributed by atoms with E-state index in [0.717, 1.165) is 0 Å². The SMILES string of the molecule is CCCCCCCCCCC/C=C(/C)CCCCCCC. The predicted molar refractivity (Wildman–Crippen MR) is 99.0 cm³/mol. The molecule has 0 aliphatic heterocycles. The molecular formula is C21H42. The standard InChI is InChI=1S/C21H42/c1-4-6-8-10-11-12-13-14-16-18-20-21(3)19-17-15-9-7-5-2/h20H,4-19H2,1-3H3/b21-20-. The summed E-state index contributed by atoms with van der Waals surface area (Å²) < 4.78 is 0. The van der Waals surface area contributed by atoms with Crippen molar-refractivity contribution in [3.8, 4) is 0 Å². The number of hydrogen-bond donors (Lipinski definition) is 0. The maximum Gasteiger partial charge on any atom is -0.0323 e. The minimum Gasteiger partial charge on any atom is -0.0856 e. The second-order valence-corrected chi connectivity index (χ2v) is 6.83. The number of hydrogen-bond acceptors (Lipinski definition) is 0. The predicted octanol–water partition coefficient (Wildman–Crippen LogP) is 8.21. The third-order valence-corrected chi connectivity index (χ3v) is 4.48. The highest BCUT2D eigenvalue weighted by Gasteiger charge is 1.94. The van der Waals surface area contributed by atoms with Crippen molar-refractivity contribution in [3.63, 3.8) is 0 Å². The summed E-state index contributed by atoms with van der Waals surface area (Å²) in [5.41, 5.74) is 1.63. The molecule has 0 aliphatic rings. The molecule has 0 amide bonds. The zero-order valence-electron chi connectivity index (χ0n) is 15.4. The molecule has 0 unspecified atom stereocenters. The van der Waals surface area contributed by atoms with Crippen LogP contribution in [0, 0.1) is 0 Å². The van der Waals surface area contributed by atoms with Gasteiger partial charge in [-0.2, -0.15) is 0 Å². The van der Waals surface area contributed by atoms with Crippen LogP contribution in [0.1, 0.15) is 124 Å². The van der Waals surface area contributed by atoms with Crippen molar-refractivity contribution in [1.29, 1.82) is 0 Å². The van der Waals surface area contributed by atoms with E-state index in [4.69, 9.17) is 0 Å². The van der Waals surface area contributed by atoms with Gasteiger partial charge in [-0.25, -0.2) is 0 Å². The summed E-state index contributed by atoms with van der Waals surface area (Å²) in [7, 11) is 0. The van der Waals surface area contributed by atoms with Gasteiger partial charge in [-0.3, -0.25) is 0 Å². The highest BCUT2D eigenvalue weighted by Crippen LogP contribution is 2.14. The van der Waals surface area contributed by atoms with Gasteiger partial charge in [-0.1, -0.05) is 103 Å². The highest BCUT2D eigenvalue weighted by atomic mass is 14.0. The molecule has 0 heteroatoms. The van der Waals surface area contributed by atoms with Crippen LogP contribution in [0.5, 0.6) is 0 Å². The number of rotatable bonds is 16. The Morgan fingerprint density at radius 2 is 1.00 bits per heavy atom. The Labute approximate surface area is 135 Å². The smallest absolute Gasteiger partial charge is 0.0323 e. The summed E-state index contributed by atoms with van der Waals surface area (Å²) in [4.78, 5) is 0. The van der Waals surface area contributed by atoms with E-state index in [9.17, 15) is 0 Å². The van der Waals surface area contributed by atoms with Gasteiger partial charge in [-0.05, 0) is 32.6 Å². The van der Waals surface area contributed by atoms with Crippen molar-refractivity contribution in [2.45, 2.75) is 124 Å². The van der Waals surface area contributed by atoms with Gasteiger partial charge < -0.3 is 0 Å². The number of allylic oxidation sites excluding steroid dienone is 2. The summed E-state index contributed by atoms with van der Waals surface area (Å²) in [6, 6.07) is 0. The Bertz CT molecular complexity index is 214. The van der Waals surface area contributed by atoms with Crippen LogP contribution >= 0.6 is 0 Å². The summed E-state index contributed by atoms with van der Waals surface area (Å²) in [6.45, 7) is 6.91. The molecule has 0 bridgehead atoms. The molecule has 0 spiro atoms. The van der Waals surface area contributed by atoms with Gasteiger partial charge in [0.15, 0.2) is 0 Å². The Hall–Kier alpha value is -0.260. The molecule has 0 saturated carbocycles. The van der Waals surface area contributed by atoms with E-state index in [-0.39, 0.29) is 0 Å². The van der Waals surface area contributed by atoms with Gasteiger partial charge in [-0.15, -0.1) is 0 Å². The second kappa shape index (κ2) is 17.8. The van der Waals surface area contributed by atoms with E-state index in [1.807, 2.05) is 0 Å². The van der Waals surface area contributed by atoms with Crippen molar-refractivity contribution < 1.29 is 0 Å². The lowest BCUT2D eigenvalue weighted by molar-refractivity contribution is 0.566. The molecule has 0 atom stereocenters. The zero-order valence-corrected chi connectivity index (χ0v) is 15.4. The molecule has 126 valence electrons. The quantitative estimate of drug-likeness (QED) is 0.199. The Morgan fingerprint density at radius 1 is 0.571 bits per heavy atom. The molecule has 0 radical (unpaired) electrons. The van der Waals surface area contributed by atoms with Crippen LogP contribution < -0.4 is 0 Å². The minimum absolute atomic E-state index is 1.32. The maximum atomic E-state index is 2.50. The summed E-state index contributed by atoms with van der Waals surface area (Å²) >= 11 is 0. The number of unbranched alkanes of at least 4 members (excludes halogenated alkanes) is 13. The van der Waals surface area contributed by atoms with Crippen LogP contribution in [0.3, 0.4) is 0 Å². The Kier molecular flexibility index (Phi) is 17.6. The van der Waals surface area contributed by atoms with E-state index in [1.54, 1.807) is 5.57 Å². The molecule has 0 rings (SSSR count). The third-order valence-electron chi connectivity index (χ3n) is 4.48. The van der Waals surface area contributed by atoms with Gasteiger partial charge in [0.25, 0.3) is 0 Å². The first-order chi connectivity index (χ1) is 10.3. The molecule has 0 aromatic rings. The molecule has 0 nitrogen and oxygen atoms in total. The van der Waals surface area contributed by atoms with Crippen LogP contribution in [-0.4, -0.2) is 0 Å². The van der Waals surface area contributed by atoms with Crippen molar-refractivity contribution in [2.75, 3.05) is 0 Å². The summed E-state index contributed by atoms with van der Waals surface area (Å²) in [5.74, 6) is 0. The van der Waals surface area contributed by atoms with Crippen LogP contribution in [0.4, 0.5) is 0 Å². The molecule has 0 N–H and O–H groups in total. The second-order valence-electron chi connectivity index (χ2n) is 6.83. The zero-order chi connectivity index (χ0) is 15.6. The molecule has 0 saturated heterocycles. The largest absolute Gasteiger partial charge is 0.0856 e. The van der Waals surface area contributed by atoms with Crippen LogP contribution in [0.2, 0.25) is 0 Å². The maximum absolute atomic E-state index is 2.50. The average molecular weight is 295 g/mol. The van der Waals surface area contributed by atoms with E-state index in [2.05, 4.69) is 26.8 Å². The van der Waals surface area contributed by atoms with Crippen molar-refractivity contribution in [3.05, 3.63) is 11.6 Å². The van der Waals surface area contributed by atoms with Crippen molar-refractivity contribution in [2.24, 2.45) is 0 Å². The van der Waals surface area contributed by atoms with Crippen LogP contribution in [0.25, 0.3) is 0 Å². The normalized spacial score (nSPS) is 12.0. The lowest BCUT2D eigenvalue weighted by Gasteiger charge is -2.03. The fraction of sp³-hybridized carbons (Fsp3) is 0.905. The van der Waals surface area contributed by atoms with Gasteiger partial charge in [0.1, 0.15) is 0 Å². The van der Waals surface area contributed by atoms with Crippen LogP contribution in [-0.2, 0) is 0 Å². The fourth-order valence-corrected chi connectivity index (χ4v) is 2.91. The summed E-state index contributed by atoms with van der Waals surface area (Å²) in [6.07, 6.45) is 25.1. The van der Waals surface area contributed by atoms with Gasteiger partial charge in [0.2, 0.25) is 0 Å². The molecule has 0 heterocycles. The highest BCUT2D eigenvalue weighted by molar-refractivity contribution is 4.97. The van der Waals surface area contributed by atoms with E-state index in [1.165, 1.54) is 103 Å². The van der Waals surface area contributed by atoms with E-state index < -0.39 is 0 Å². The Morgan fingerprint density at radius 3 is 1.52 bits per heavy atom. The van der Waals surface area contributed by atoms with Gasteiger partial charge in [0.05, 0.1) is 0 Å². The Balaban J connectivity index is 3.22. The molecular weight excluding hydrogens is 252 g/mol. The molecule has 0 fully saturated rings. The van der Waals surface area contributed by atoms with Gasteiger partial charge >= 0.3 is 0 Å². The summed E-state index contributed by atoms with van der Waals surface area (Å²) in [5, 5.41) is 0.